The van der Waals surface area contributed by atoms with Crippen LogP contribution in [0.1, 0.15) is 48.5 Å². The van der Waals surface area contributed by atoms with Gasteiger partial charge in [-0.05, 0) is 25.8 Å². The van der Waals surface area contributed by atoms with Gasteiger partial charge in [0.05, 0.1) is 6.54 Å². The van der Waals surface area contributed by atoms with E-state index in [1.807, 2.05) is 13.2 Å². The summed E-state index contributed by atoms with van der Waals surface area (Å²) in [5, 5.41) is 3.98. The fourth-order valence-corrected chi connectivity index (χ4v) is 3.07. The van der Waals surface area contributed by atoms with Gasteiger partial charge in [0.2, 0.25) is 11.7 Å². The summed E-state index contributed by atoms with van der Waals surface area (Å²) in [6, 6.07) is 0. The number of carbonyl (C=O) groups is 1. The van der Waals surface area contributed by atoms with Crippen LogP contribution in [0.2, 0.25) is 0 Å². The lowest BCUT2D eigenvalue weighted by Gasteiger charge is -2.30. The third kappa shape index (κ3) is 3.67. The Morgan fingerprint density at radius 1 is 1.48 bits per heavy atom. The van der Waals surface area contributed by atoms with Crippen molar-refractivity contribution in [2.24, 2.45) is 13.0 Å². The van der Waals surface area contributed by atoms with E-state index >= 15 is 0 Å². The van der Waals surface area contributed by atoms with Gasteiger partial charge in [-0.3, -0.25) is 9.69 Å². The van der Waals surface area contributed by atoms with E-state index in [2.05, 4.69) is 26.9 Å². The highest BCUT2D eigenvalue weighted by Gasteiger charge is 2.29. The van der Waals surface area contributed by atoms with Crippen LogP contribution in [0, 0.1) is 5.92 Å². The summed E-state index contributed by atoms with van der Waals surface area (Å²) in [6.07, 6.45) is 7.22. The maximum Gasteiger partial charge on any atom is 0.240 e. The number of hydrogen-bond donors (Lipinski definition) is 0. The number of hydrogen-bond acceptors (Lipinski definition) is 6. The zero-order valence-electron chi connectivity index (χ0n) is 13.7. The van der Waals surface area contributed by atoms with Crippen molar-refractivity contribution in [1.29, 1.82) is 0 Å². The maximum atomic E-state index is 12.6. The summed E-state index contributed by atoms with van der Waals surface area (Å²) in [5.74, 6) is 2.06. The van der Waals surface area contributed by atoms with Gasteiger partial charge in [-0.25, -0.2) is 4.98 Å². The molecule has 1 aliphatic rings. The minimum atomic E-state index is -0.0112. The monoisotopic (exact) mass is 317 g/mol. The Labute approximate surface area is 135 Å². The third-order valence-corrected chi connectivity index (χ3v) is 4.26. The molecule has 1 fully saturated rings. The van der Waals surface area contributed by atoms with Crippen LogP contribution in [0.4, 0.5) is 0 Å². The van der Waals surface area contributed by atoms with Gasteiger partial charge in [0.1, 0.15) is 0 Å². The van der Waals surface area contributed by atoms with E-state index in [4.69, 9.17) is 4.52 Å². The van der Waals surface area contributed by atoms with E-state index in [-0.39, 0.29) is 11.7 Å². The van der Waals surface area contributed by atoms with Gasteiger partial charge in [0, 0.05) is 38.3 Å². The molecule has 2 aromatic rings. The van der Waals surface area contributed by atoms with E-state index in [9.17, 15) is 4.79 Å². The Morgan fingerprint density at radius 2 is 2.35 bits per heavy atom. The predicted octanol–water partition coefficient (Wildman–Crippen LogP) is 1.85. The van der Waals surface area contributed by atoms with Gasteiger partial charge in [-0.1, -0.05) is 12.1 Å². The van der Waals surface area contributed by atoms with Crippen LogP contribution in [0.15, 0.2) is 16.9 Å². The maximum absolute atomic E-state index is 12.6. The number of imidazole rings is 1. The van der Waals surface area contributed by atoms with Crippen molar-refractivity contribution >= 4 is 5.78 Å². The predicted molar refractivity (Wildman–Crippen MR) is 83.8 cm³/mol. The average molecular weight is 317 g/mol. The molecule has 0 radical (unpaired) electrons. The standard InChI is InChI=1S/C16H23N5O2/c1-3-5-13-18-14(23-19-13)11-21-8-4-6-12(10-21)15(22)16-17-7-9-20(16)2/h7,9,12H,3-6,8,10-11H2,1-2H3/t12-/m1/s1. The van der Waals surface area contributed by atoms with Crippen molar-refractivity contribution in [3.8, 4) is 0 Å². The van der Waals surface area contributed by atoms with Crippen LogP contribution in [0.25, 0.3) is 0 Å². The number of ketones is 1. The molecular weight excluding hydrogens is 294 g/mol. The zero-order chi connectivity index (χ0) is 16.2. The van der Waals surface area contributed by atoms with E-state index in [1.165, 1.54) is 0 Å². The smallest absolute Gasteiger partial charge is 0.240 e. The summed E-state index contributed by atoms with van der Waals surface area (Å²) < 4.78 is 7.09. The van der Waals surface area contributed by atoms with Gasteiger partial charge < -0.3 is 9.09 Å². The molecule has 0 spiro atoms. The Balaban J connectivity index is 1.61. The van der Waals surface area contributed by atoms with Crippen LogP contribution in [-0.4, -0.2) is 43.5 Å². The summed E-state index contributed by atoms with van der Waals surface area (Å²) in [5.41, 5.74) is 0. The fraction of sp³-hybridized carbons (Fsp3) is 0.625. The summed E-state index contributed by atoms with van der Waals surface area (Å²) in [4.78, 5) is 23.4. The van der Waals surface area contributed by atoms with Gasteiger partial charge in [0.25, 0.3) is 0 Å². The summed E-state index contributed by atoms with van der Waals surface area (Å²) in [6.45, 7) is 4.38. The molecule has 7 nitrogen and oxygen atoms in total. The Hall–Kier alpha value is -2.02. The number of aryl methyl sites for hydroxylation is 2. The number of likely N-dealkylation sites (tertiary alicyclic amines) is 1. The molecule has 0 unspecified atom stereocenters. The summed E-state index contributed by atoms with van der Waals surface area (Å²) in [7, 11) is 1.86. The van der Waals surface area contributed by atoms with Gasteiger partial charge in [-0.15, -0.1) is 0 Å². The molecule has 124 valence electrons. The first-order valence-corrected chi connectivity index (χ1v) is 8.22. The first kappa shape index (κ1) is 15.9. The van der Waals surface area contributed by atoms with Crippen LogP contribution >= 0.6 is 0 Å². The van der Waals surface area contributed by atoms with Crippen LogP contribution in [-0.2, 0) is 20.0 Å². The lowest BCUT2D eigenvalue weighted by molar-refractivity contribution is 0.0783. The van der Waals surface area contributed by atoms with Crippen molar-refractivity contribution in [3.05, 3.63) is 29.9 Å². The van der Waals surface area contributed by atoms with E-state index in [1.54, 1.807) is 10.8 Å². The van der Waals surface area contributed by atoms with Crippen molar-refractivity contribution in [2.75, 3.05) is 13.1 Å². The van der Waals surface area contributed by atoms with Crippen molar-refractivity contribution in [3.63, 3.8) is 0 Å². The highest BCUT2D eigenvalue weighted by molar-refractivity contribution is 5.94. The molecule has 0 amide bonds. The molecular formula is C16H23N5O2. The van der Waals surface area contributed by atoms with Gasteiger partial charge >= 0.3 is 0 Å². The highest BCUT2D eigenvalue weighted by Crippen LogP contribution is 2.21. The quantitative estimate of drug-likeness (QED) is 0.757. The number of nitrogens with zero attached hydrogens (tertiary/aromatic N) is 5. The van der Waals surface area contributed by atoms with Crippen LogP contribution in [0.5, 0.6) is 0 Å². The van der Waals surface area contributed by atoms with E-state index < -0.39 is 0 Å². The highest BCUT2D eigenvalue weighted by atomic mass is 16.5. The first-order valence-electron chi connectivity index (χ1n) is 8.22. The number of piperidine rings is 1. The molecule has 1 saturated heterocycles. The molecule has 0 aromatic carbocycles. The number of carbonyl (C=O) groups excluding carboxylic acids is 1. The number of Topliss-reactive ketones (excluding diaryl/α,β-unsaturated/α-hetero) is 1. The minimum Gasteiger partial charge on any atom is -0.338 e. The third-order valence-electron chi connectivity index (χ3n) is 4.26. The van der Waals surface area contributed by atoms with Gasteiger partial charge in [0.15, 0.2) is 11.6 Å². The SMILES string of the molecule is CCCc1noc(CN2CCC[C@@H](C(=O)c3nccn3C)C2)n1. The molecule has 7 heteroatoms. The number of aromatic nitrogens is 4. The molecule has 23 heavy (non-hydrogen) atoms. The zero-order valence-corrected chi connectivity index (χ0v) is 13.7. The Bertz CT molecular complexity index is 663. The van der Waals surface area contributed by atoms with Crippen LogP contribution < -0.4 is 0 Å². The largest absolute Gasteiger partial charge is 0.338 e. The average Bonchev–Trinajstić information content (AvgIpc) is 3.16. The van der Waals surface area contributed by atoms with Crippen LogP contribution in [0.3, 0.4) is 0 Å². The molecule has 1 aliphatic heterocycles. The Kier molecular flexibility index (Phi) is 4.85. The molecule has 0 N–H and O–H groups in total. The lowest BCUT2D eigenvalue weighted by atomic mass is 9.93. The molecule has 0 aliphatic carbocycles. The van der Waals surface area contributed by atoms with Gasteiger partial charge in [-0.2, -0.15) is 4.98 Å². The second-order valence-corrected chi connectivity index (χ2v) is 6.15. The molecule has 3 heterocycles. The second kappa shape index (κ2) is 7.04. The van der Waals surface area contributed by atoms with Crippen molar-refractivity contribution in [2.45, 2.75) is 39.2 Å². The molecule has 2 aromatic heterocycles. The second-order valence-electron chi connectivity index (χ2n) is 6.15. The lowest BCUT2D eigenvalue weighted by Crippen LogP contribution is -2.39. The molecule has 1 atom stereocenters. The van der Waals surface area contributed by atoms with E-state index in [0.717, 1.165) is 44.6 Å². The Morgan fingerprint density at radius 3 is 3.09 bits per heavy atom. The number of rotatable bonds is 6. The topological polar surface area (TPSA) is 77.0 Å². The normalized spacial score (nSPS) is 19.1. The molecule has 3 rings (SSSR count). The first-order chi connectivity index (χ1) is 11.2. The molecule has 0 bridgehead atoms. The van der Waals surface area contributed by atoms with E-state index in [0.29, 0.717) is 18.3 Å². The van der Waals surface area contributed by atoms with Crippen molar-refractivity contribution < 1.29 is 9.32 Å². The molecule has 0 saturated carbocycles. The fourth-order valence-electron chi connectivity index (χ4n) is 3.07. The minimum absolute atomic E-state index is 0.0112. The summed E-state index contributed by atoms with van der Waals surface area (Å²) >= 11 is 0. The van der Waals surface area contributed by atoms with Crippen molar-refractivity contribution in [1.82, 2.24) is 24.6 Å².